The Morgan fingerprint density at radius 1 is 1.27 bits per heavy atom. The van der Waals surface area contributed by atoms with Crippen molar-refractivity contribution in [2.45, 2.75) is 50.3 Å². The van der Waals surface area contributed by atoms with Gasteiger partial charge in [-0.15, -0.1) is 11.8 Å². The van der Waals surface area contributed by atoms with Crippen molar-refractivity contribution in [1.82, 2.24) is 4.90 Å². The van der Waals surface area contributed by atoms with E-state index in [4.69, 9.17) is 0 Å². The first-order chi connectivity index (χ1) is 6.59. The number of thioether (sulfide) groups is 1. The van der Waals surface area contributed by atoms with Crippen molar-refractivity contribution < 1.29 is 14.7 Å². The van der Waals surface area contributed by atoms with Crippen molar-refractivity contribution in [2.24, 2.45) is 0 Å². The highest BCUT2D eigenvalue weighted by atomic mass is 32.2. The van der Waals surface area contributed by atoms with E-state index >= 15 is 0 Å². The standard InChI is InChI=1S/C10H17NO3S/c1-6(12)11-7(8(13)14)9(2,3)15-10(11,4)5/h7H,1-5H3,(H,13,14)/t7-/m1/s1. The highest BCUT2D eigenvalue weighted by Gasteiger charge is 2.56. The van der Waals surface area contributed by atoms with Gasteiger partial charge in [-0.3, -0.25) is 4.79 Å². The zero-order valence-electron chi connectivity index (χ0n) is 9.70. The Morgan fingerprint density at radius 2 is 1.73 bits per heavy atom. The molecule has 1 rings (SSSR count). The zero-order chi connectivity index (χ0) is 12.0. The highest BCUT2D eigenvalue weighted by Crippen LogP contribution is 2.50. The molecule has 0 saturated carbocycles. The fourth-order valence-electron chi connectivity index (χ4n) is 2.34. The second-order valence-electron chi connectivity index (χ2n) is 4.78. The van der Waals surface area contributed by atoms with Crippen molar-refractivity contribution in [3.63, 3.8) is 0 Å². The van der Waals surface area contributed by atoms with Gasteiger partial charge in [-0.2, -0.15) is 0 Å². The number of hydrogen-bond acceptors (Lipinski definition) is 3. The molecule has 1 saturated heterocycles. The van der Waals surface area contributed by atoms with Gasteiger partial charge in [0.25, 0.3) is 0 Å². The minimum absolute atomic E-state index is 0.189. The van der Waals surface area contributed by atoms with E-state index in [9.17, 15) is 14.7 Å². The van der Waals surface area contributed by atoms with Crippen LogP contribution >= 0.6 is 11.8 Å². The van der Waals surface area contributed by atoms with Crippen LogP contribution in [0.15, 0.2) is 0 Å². The lowest BCUT2D eigenvalue weighted by Crippen LogP contribution is -2.52. The van der Waals surface area contributed by atoms with Gasteiger partial charge in [0.1, 0.15) is 6.04 Å². The second-order valence-corrected chi connectivity index (χ2v) is 7.04. The van der Waals surface area contributed by atoms with E-state index in [0.717, 1.165) is 0 Å². The SMILES string of the molecule is CC(=O)N1[C@H](C(=O)O)C(C)(C)SC1(C)C. The monoisotopic (exact) mass is 231 g/mol. The third kappa shape index (κ3) is 1.97. The van der Waals surface area contributed by atoms with Crippen LogP contribution in [0.3, 0.4) is 0 Å². The molecule has 0 spiro atoms. The second kappa shape index (κ2) is 3.40. The van der Waals surface area contributed by atoms with Crippen LogP contribution in [-0.2, 0) is 9.59 Å². The Labute approximate surface area is 94.0 Å². The highest BCUT2D eigenvalue weighted by molar-refractivity contribution is 8.02. The quantitative estimate of drug-likeness (QED) is 0.744. The molecule has 0 aliphatic carbocycles. The third-order valence-corrected chi connectivity index (χ3v) is 4.03. The fraction of sp³-hybridized carbons (Fsp3) is 0.800. The molecule has 5 heteroatoms. The summed E-state index contributed by atoms with van der Waals surface area (Å²) >= 11 is 1.52. The molecule has 1 amide bonds. The number of carboxylic acid groups (broad SMARTS) is 1. The normalized spacial score (nSPS) is 27.8. The molecule has 15 heavy (non-hydrogen) atoms. The number of rotatable bonds is 1. The van der Waals surface area contributed by atoms with Crippen molar-refractivity contribution in [3.05, 3.63) is 0 Å². The van der Waals surface area contributed by atoms with Crippen molar-refractivity contribution >= 4 is 23.6 Å². The van der Waals surface area contributed by atoms with Crippen LogP contribution in [-0.4, -0.2) is 37.5 Å². The maximum Gasteiger partial charge on any atom is 0.327 e. The molecule has 1 aliphatic heterocycles. The van der Waals surface area contributed by atoms with Gasteiger partial charge in [0.2, 0.25) is 5.91 Å². The van der Waals surface area contributed by atoms with Gasteiger partial charge in [-0.25, -0.2) is 4.79 Å². The van der Waals surface area contributed by atoms with Gasteiger partial charge in [-0.1, -0.05) is 0 Å². The average Bonchev–Trinajstić information content (AvgIpc) is 2.13. The van der Waals surface area contributed by atoms with Gasteiger partial charge in [0.15, 0.2) is 0 Å². The van der Waals surface area contributed by atoms with Crippen LogP contribution in [0.2, 0.25) is 0 Å². The molecule has 0 aromatic rings. The van der Waals surface area contributed by atoms with E-state index < -0.39 is 21.6 Å². The van der Waals surface area contributed by atoms with E-state index in [1.807, 2.05) is 27.7 Å². The van der Waals surface area contributed by atoms with E-state index in [1.54, 1.807) is 0 Å². The van der Waals surface area contributed by atoms with E-state index in [-0.39, 0.29) is 5.91 Å². The Bertz CT molecular complexity index is 282. The topological polar surface area (TPSA) is 57.6 Å². The van der Waals surface area contributed by atoms with Crippen LogP contribution in [0.1, 0.15) is 34.6 Å². The van der Waals surface area contributed by atoms with Gasteiger partial charge in [-0.05, 0) is 27.7 Å². The molecule has 0 aromatic carbocycles. The van der Waals surface area contributed by atoms with E-state index in [1.165, 1.54) is 23.6 Å². The molecule has 0 aromatic heterocycles. The van der Waals surface area contributed by atoms with Crippen LogP contribution in [0, 0.1) is 0 Å². The lowest BCUT2D eigenvalue weighted by atomic mass is 10.0. The predicted octanol–water partition coefficient (Wildman–Crippen LogP) is 1.55. The number of carbonyl (C=O) groups is 2. The molecular formula is C10H17NO3S. The molecule has 1 atom stereocenters. The Balaban J connectivity index is 3.20. The smallest absolute Gasteiger partial charge is 0.327 e. The summed E-state index contributed by atoms with van der Waals surface area (Å²) in [5.41, 5.74) is 0. The van der Waals surface area contributed by atoms with Gasteiger partial charge in [0, 0.05) is 11.7 Å². The minimum atomic E-state index is -0.937. The first kappa shape index (κ1) is 12.4. The number of hydrogen-bond donors (Lipinski definition) is 1. The molecule has 0 unspecified atom stereocenters. The molecule has 0 bridgehead atoms. The zero-order valence-corrected chi connectivity index (χ0v) is 10.5. The maximum absolute atomic E-state index is 11.5. The van der Waals surface area contributed by atoms with E-state index in [0.29, 0.717) is 0 Å². The largest absolute Gasteiger partial charge is 0.480 e. The number of aliphatic carboxylic acids is 1. The van der Waals surface area contributed by atoms with Crippen LogP contribution in [0.5, 0.6) is 0 Å². The lowest BCUT2D eigenvalue weighted by molar-refractivity contribution is -0.151. The van der Waals surface area contributed by atoms with Gasteiger partial charge >= 0.3 is 5.97 Å². The first-order valence-corrected chi connectivity index (χ1v) is 5.64. The fourth-order valence-corrected chi connectivity index (χ4v) is 4.28. The van der Waals surface area contributed by atoms with Crippen molar-refractivity contribution in [2.75, 3.05) is 0 Å². The number of carbonyl (C=O) groups excluding carboxylic acids is 1. The molecule has 1 heterocycles. The summed E-state index contributed by atoms with van der Waals surface area (Å²) in [5, 5.41) is 9.19. The van der Waals surface area contributed by atoms with Crippen LogP contribution in [0.25, 0.3) is 0 Å². The summed E-state index contributed by atoms with van der Waals surface area (Å²) in [7, 11) is 0. The molecular weight excluding hydrogens is 214 g/mol. The van der Waals surface area contributed by atoms with Crippen molar-refractivity contribution in [3.8, 4) is 0 Å². The number of nitrogens with zero attached hydrogens (tertiary/aromatic N) is 1. The molecule has 1 fully saturated rings. The molecule has 1 aliphatic rings. The van der Waals surface area contributed by atoms with Crippen LogP contribution in [0.4, 0.5) is 0 Å². The third-order valence-electron chi connectivity index (χ3n) is 2.58. The average molecular weight is 231 g/mol. The minimum Gasteiger partial charge on any atom is -0.480 e. The molecule has 4 nitrogen and oxygen atoms in total. The first-order valence-electron chi connectivity index (χ1n) is 4.82. The summed E-state index contributed by atoms with van der Waals surface area (Å²) in [6.07, 6.45) is 0. The summed E-state index contributed by atoms with van der Waals surface area (Å²) in [6, 6.07) is -0.755. The Kier molecular flexibility index (Phi) is 2.80. The summed E-state index contributed by atoms with van der Waals surface area (Å²) in [5.74, 6) is -1.13. The summed E-state index contributed by atoms with van der Waals surface area (Å²) in [6.45, 7) is 8.90. The number of carboxylic acids is 1. The summed E-state index contributed by atoms with van der Waals surface area (Å²) in [4.78, 5) is 23.7. The molecule has 1 N–H and O–H groups in total. The predicted molar refractivity (Wildman–Crippen MR) is 59.7 cm³/mol. The van der Waals surface area contributed by atoms with Gasteiger partial charge < -0.3 is 10.0 Å². The summed E-state index contributed by atoms with van der Waals surface area (Å²) < 4.78 is -0.457. The number of amides is 1. The maximum atomic E-state index is 11.5. The Hall–Kier alpha value is -0.710. The Morgan fingerprint density at radius 3 is 2.00 bits per heavy atom. The molecule has 0 radical (unpaired) electrons. The van der Waals surface area contributed by atoms with E-state index in [2.05, 4.69) is 0 Å². The van der Waals surface area contributed by atoms with Gasteiger partial charge in [0.05, 0.1) is 4.87 Å². The van der Waals surface area contributed by atoms with Crippen LogP contribution < -0.4 is 0 Å². The van der Waals surface area contributed by atoms with Crippen molar-refractivity contribution in [1.29, 1.82) is 0 Å². The lowest BCUT2D eigenvalue weighted by Gasteiger charge is -2.32. The molecule has 86 valence electrons.